The predicted molar refractivity (Wildman–Crippen MR) is 133 cm³/mol. The maximum absolute atomic E-state index is 6.28. The van der Waals surface area contributed by atoms with E-state index in [-0.39, 0.29) is 33.8 Å². The topological polar surface area (TPSA) is 14.2 Å². The van der Waals surface area contributed by atoms with Gasteiger partial charge in [0.05, 0.1) is 0 Å². The molecule has 0 saturated carbocycles. The first-order valence-electron chi connectivity index (χ1n) is 10.9. The first-order valence-corrected chi connectivity index (χ1v) is 12.4. The molecule has 10 heteroatoms. The van der Waals surface area contributed by atoms with E-state index in [1.165, 1.54) is 37.1 Å². The summed E-state index contributed by atoms with van der Waals surface area (Å²) < 4.78 is 4.33. The summed E-state index contributed by atoms with van der Waals surface area (Å²) in [7, 11) is 0. The molecule has 0 atom stereocenters. The number of hydrogen-bond acceptors (Lipinski definition) is 2. The smallest absolute Gasteiger partial charge is 0.294 e. The number of pyridine rings is 2. The van der Waals surface area contributed by atoms with Crippen LogP contribution in [0.3, 0.4) is 0 Å². The van der Waals surface area contributed by atoms with Gasteiger partial charge in [0.15, 0.2) is 24.8 Å². The van der Waals surface area contributed by atoms with E-state index in [1.54, 1.807) is 0 Å². The van der Waals surface area contributed by atoms with Crippen LogP contribution in [0.15, 0.2) is 69.2 Å². The van der Waals surface area contributed by atoms with E-state index in [9.17, 15) is 0 Å². The van der Waals surface area contributed by atoms with Crippen molar-refractivity contribution in [3.63, 3.8) is 0 Å². The molecule has 4 heterocycles. The second kappa shape index (κ2) is 11.7. The molecule has 0 unspecified atom stereocenters. The van der Waals surface area contributed by atoms with Crippen molar-refractivity contribution < 1.29 is 33.9 Å². The van der Waals surface area contributed by atoms with E-state index < -0.39 is 0 Å². The number of anilines is 2. The fourth-order valence-electron chi connectivity index (χ4n) is 4.79. The Balaban J connectivity index is 0.00000162. The Bertz CT molecular complexity index is 1020. The molecule has 0 aromatic carbocycles. The molecule has 0 bridgehead atoms. The van der Waals surface area contributed by atoms with Crippen molar-refractivity contribution in [1.82, 2.24) is 0 Å². The molecule has 0 spiro atoms. The molecule has 0 amide bonds. The van der Waals surface area contributed by atoms with Gasteiger partial charge in [0.2, 0.25) is 0 Å². The van der Waals surface area contributed by atoms with E-state index in [0.717, 1.165) is 37.6 Å². The van der Waals surface area contributed by atoms with Crippen molar-refractivity contribution in [2.45, 2.75) is 25.7 Å². The van der Waals surface area contributed by atoms with Gasteiger partial charge in [-0.05, 0) is 25.7 Å². The summed E-state index contributed by atoms with van der Waals surface area (Å²) in [4.78, 5) is 4.80. The van der Waals surface area contributed by atoms with Crippen LogP contribution in [0.25, 0.3) is 11.4 Å². The first-order chi connectivity index (χ1) is 15.5. The predicted octanol–water partition coefficient (Wildman–Crippen LogP) is -0.312. The summed E-state index contributed by atoms with van der Waals surface area (Å²) in [6.45, 7) is 4.41. The van der Waals surface area contributed by atoms with E-state index in [2.05, 4.69) is 34.1 Å². The molecule has 182 valence electrons. The van der Waals surface area contributed by atoms with Crippen LogP contribution < -0.4 is 43.7 Å². The Morgan fingerprint density at radius 3 is 1.12 bits per heavy atom. The summed E-state index contributed by atoms with van der Waals surface area (Å²) in [5.41, 5.74) is 5.47. The SMILES string of the molecule is ClC(Cl)=C1C(=C(Cl)Cl)C([n+]2ccc(N3CCCC3)cc2)=C1[n+]1ccc(N2CCCC2)cc1.[Cl-].[Cl-]. The highest BCUT2D eigenvalue weighted by molar-refractivity contribution is 6.60. The lowest BCUT2D eigenvalue weighted by molar-refractivity contribution is -0.611. The molecule has 2 saturated heterocycles. The average Bonchev–Trinajstić information content (AvgIpc) is 3.48. The molecule has 34 heavy (non-hydrogen) atoms. The molecular formula is C24H24Cl6N4. The standard InChI is InChI=1S/C24H24Cl4N4.2ClH/c25-23(26)19-20(24(27)28)22(32-15-7-18(8-16-32)30-11-3-4-12-30)21(19)31-13-5-17(6-14-31)29-9-1-2-10-29;;/h5-8,13-16H,1-4,9-12H2;2*1H/q+2;;/p-2. The van der Waals surface area contributed by atoms with E-state index in [4.69, 9.17) is 46.4 Å². The average molecular weight is 581 g/mol. The van der Waals surface area contributed by atoms with Gasteiger partial charge in [-0.15, -0.1) is 0 Å². The Hall–Kier alpha value is -1.14. The number of nitrogens with zero attached hydrogens (tertiary/aromatic N) is 4. The molecular weight excluding hydrogens is 557 g/mol. The zero-order valence-electron chi connectivity index (χ0n) is 18.3. The minimum atomic E-state index is 0. The Labute approximate surface area is 232 Å². The van der Waals surface area contributed by atoms with Crippen molar-refractivity contribution >= 4 is 69.2 Å². The highest BCUT2D eigenvalue weighted by Gasteiger charge is 2.48. The number of halogens is 6. The van der Waals surface area contributed by atoms with Gasteiger partial charge in [-0.2, -0.15) is 9.13 Å². The Morgan fingerprint density at radius 2 is 0.853 bits per heavy atom. The molecule has 2 aromatic rings. The van der Waals surface area contributed by atoms with Crippen LogP contribution in [0.1, 0.15) is 25.7 Å². The lowest BCUT2D eigenvalue weighted by Crippen LogP contribution is -3.00. The Kier molecular flexibility index (Phi) is 9.47. The van der Waals surface area contributed by atoms with Crippen LogP contribution in [0.2, 0.25) is 0 Å². The normalized spacial score (nSPS) is 17.4. The van der Waals surface area contributed by atoms with Gasteiger partial charge in [-0.3, -0.25) is 0 Å². The number of aromatic nitrogens is 2. The quantitative estimate of drug-likeness (QED) is 0.461. The molecule has 0 radical (unpaired) electrons. The molecule has 5 rings (SSSR count). The van der Waals surface area contributed by atoms with E-state index in [1.807, 2.05) is 33.9 Å². The van der Waals surface area contributed by atoms with Crippen molar-refractivity contribution in [3.8, 4) is 0 Å². The minimum Gasteiger partial charge on any atom is -1.00 e. The highest BCUT2D eigenvalue weighted by Crippen LogP contribution is 2.47. The zero-order valence-corrected chi connectivity index (χ0v) is 22.9. The number of hydrogen-bond donors (Lipinski definition) is 0. The summed E-state index contributed by atoms with van der Waals surface area (Å²) in [6, 6.07) is 8.50. The summed E-state index contributed by atoms with van der Waals surface area (Å²) >= 11 is 25.1. The van der Waals surface area contributed by atoms with Gasteiger partial charge in [0.25, 0.3) is 11.4 Å². The third kappa shape index (κ3) is 5.18. The van der Waals surface area contributed by atoms with Gasteiger partial charge in [-0.1, -0.05) is 46.4 Å². The van der Waals surface area contributed by atoms with Crippen molar-refractivity contribution in [3.05, 3.63) is 69.2 Å². The zero-order chi connectivity index (χ0) is 22.2. The van der Waals surface area contributed by atoms with Gasteiger partial charge in [0, 0.05) is 61.8 Å². The van der Waals surface area contributed by atoms with Crippen molar-refractivity contribution in [2.75, 3.05) is 36.0 Å². The third-order valence-corrected chi connectivity index (χ3v) is 7.16. The van der Waals surface area contributed by atoms with Crippen LogP contribution in [0.5, 0.6) is 0 Å². The van der Waals surface area contributed by atoms with Crippen molar-refractivity contribution in [1.29, 1.82) is 0 Å². The Morgan fingerprint density at radius 1 is 0.559 bits per heavy atom. The van der Waals surface area contributed by atoms with Crippen LogP contribution in [0.4, 0.5) is 11.4 Å². The number of allylic oxidation sites excluding steroid dienone is 4. The fraction of sp³-hybridized carbons (Fsp3) is 0.333. The second-order valence-corrected chi connectivity index (χ2v) is 10.2. The number of rotatable bonds is 4. The van der Waals surface area contributed by atoms with Gasteiger partial charge >= 0.3 is 0 Å². The molecule has 2 aliphatic heterocycles. The molecule has 1 aliphatic carbocycles. The maximum atomic E-state index is 6.28. The van der Waals surface area contributed by atoms with E-state index in [0.29, 0.717) is 11.1 Å². The van der Waals surface area contributed by atoms with Crippen LogP contribution >= 0.6 is 46.4 Å². The maximum Gasteiger partial charge on any atom is 0.294 e. The molecule has 3 aliphatic rings. The largest absolute Gasteiger partial charge is 1.00 e. The first kappa shape index (κ1) is 27.4. The van der Waals surface area contributed by atoms with Crippen LogP contribution in [-0.4, -0.2) is 26.2 Å². The summed E-state index contributed by atoms with van der Waals surface area (Å²) in [5.74, 6) is 0. The third-order valence-electron chi connectivity index (χ3n) is 6.41. The van der Waals surface area contributed by atoms with Crippen LogP contribution in [0, 0.1) is 0 Å². The van der Waals surface area contributed by atoms with Gasteiger partial charge < -0.3 is 34.6 Å². The minimum absolute atomic E-state index is 0. The molecule has 4 nitrogen and oxygen atoms in total. The van der Waals surface area contributed by atoms with Crippen LogP contribution in [-0.2, 0) is 0 Å². The monoisotopic (exact) mass is 578 g/mol. The van der Waals surface area contributed by atoms with Gasteiger partial charge in [-0.25, -0.2) is 0 Å². The molecule has 2 fully saturated rings. The lowest BCUT2D eigenvalue weighted by atomic mass is 9.88. The van der Waals surface area contributed by atoms with Crippen molar-refractivity contribution in [2.24, 2.45) is 0 Å². The molecule has 2 aromatic heterocycles. The highest BCUT2D eigenvalue weighted by atomic mass is 35.5. The summed E-state index contributed by atoms with van der Waals surface area (Å²) in [6.07, 6.45) is 13.1. The second-order valence-electron chi connectivity index (χ2n) is 8.28. The van der Waals surface area contributed by atoms with Gasteiger partial charge in [0.1, 0.15) is 20.1 Å². The summed E-state index contributed by atoms with van der Waals surface area (Å²) in [5, 5.41) is 0. The molecule has 0 N–H and O–H groups in total. The lowest BCUT2D eigenvalue weighted by Gasteiger charge is -2.22. The fourth-order valence-corrected chi connectivity index (χ4v) is 5.53. The van der Waals surface area contributed by atoms with E-state index >= 15 is 0 Å².